The smallest absolute Gasteiger partial charge is 0.410 e. The Balaban J connectivity index is 1.30. The fourth-order valence-corrected chi connectivity index (χ4v) is 9.35. The molecule has 0 saturated carbocycles. The van der Waals surface area contributed by atoms with E-state index in [1.807, 2.05) is 95.9 Å². The molecule has 340 valence electrons. The first-order valence-electron chi connectivity index (χ1n) is 21.5. The van der Waals surface area contributed by atoms with Crippen LogP contribution in [0.2, 0.25) is 0 Å². The fraction of sp³-hybridized carbons (Fsp3) is 0.235. The van der Waals surface area contributed by atoms with E-state index >= 15 is 18.0 Å². The van der Waals surface area contributed by atoms with Crippen molar-refractivity contribution in [2.75, 3.05) is 49.4 Å². The van der Waals surface area contributed by atoms with E-state index < -0.39 is 61.9 Å². The standard InChI is InChI=1S/C51H49F3N6O5S/c1-6-57(5)66(63,64)56-44-25-24-42(52)45(46(44)54)47(61)41-33-60(51(35-16-10-7-11-17-35,36-18-12-8-13-19-36)37-20-14-9-15-21-37)48-40(41)30-34(32-55-48)39-23-22-38(31-43(39)53)58-26-28-59(29-27-58)49(62)65-50(2,3)4/h7-25,30-33,56H,6,26-29H2,1-5H3. The molecule has 15 heteroatoms. The highest BCUT2D eigenvalue weighted by molar-refractivity contribution is 7.90. The first-order valence-corrected chi connectivity index (χ1v) is 22.9. The topological polar surface area (TPSA) is 117 Å². The minimum atomic E-state index is -4.27. The summed E-state index contributed by atoms with van der Waals surface area (Å²) in [5.74, 6) is -4.31. The Morgan fingerprint density at radius 3 is 1.88 bits per heavy atom. The van der Waals surface area contributed by atoms with Gasteiger partial charge in [-0.15, -0.1) is 0 Å². The molecular weight excluding hydrogens is 866 g/mol. The third kappa shape index (κ3) is 8.63. The number of nitrogens with zero attached hydrogens (tertiary/aromatic N) is 5. The summed E-state index contributed by atoms with van der Waals surface area (Å²) < 4.78 is 85.5. The van der Waals surface area contributed by atoms with Crippen LogP contribution in [0.4, 0.5) is 29.3 Å². The van der Waals surface area contributed by atoms with Gasteiger partial charge in [0.2, 0.25) is 5.78 Å². The van der Waals surface area contributed by atoms with Crippen LogP contribution in [0, 0.1) is 17.5 Å². The van der Waals surface area contributed by atoms with Crippen LogP contribution in [0.25, 0.3) is 22.2 Å². The molecule has 0 aliphatic carbocycles. The molecule has 1 aliphatic heterocycles. The van der Waals surface area contributed by atoms with E-state index in [1.54, 1.807) is 55.4 Å². The number of piperazine rings is 1. The minimum absolute atomic E-state index is 0.0565. The monoisotopic (exact) mass is 914 g/mol. The quantitative estimate of drug-likeness (QED) is 0.0959. The Morgan fingerprint density at radius 2 is 1.35 bits per heavy atom. The van der Waals surface area contributed by atoms with Gasteiger partial charge in [-0.1, -0.05) is 97.9 Å². The highest BCUT2D eigenvalue weighted by Gasteiger charge is 2.41. The lowest BCUT2D eigenvalue weighted by Gasteiger charge is -2.38. The van der Waals surface area contributed by atoms with Crippen molar-refractivity contribution in [2.24, 2.45) is 0 Å². The largest absolute Gasteiger partial charge is 0.444 e. The number of hydrogen-bond donors (Lipinski definition) is 1. The van der Waals surface area contributed by atoms with Gasteiger partial charge < -0.3 is 19.1 Å². The second-order valence-electron chi connectivity index (χ2n) is 17.1. The summed E-state index contributed by atoms with van der Waals surface area (Å²) in [5, 5.41) is 0.155. The van der Waals surface area contributed by atoms with Crippen LogP contribution in [0.15, 0.2) is 140 Å². The summed E-state index contributed by atoms with van der Waals surface area (Å²) in [7, 11) is -2.98. The van der Waals surface area contributed by atoms with Gasteiger partial charge in [0.15, 0.2) is 5.82 Å². The maximum atomic E-state index is 16.6. The number of hydrogen-bond acceptors (Lipinski definition) is 7. The molecule has 0 bridgehead atoms. The highest BCUT2D eigenvalue weighted by Crippen LogP contribution is 2.44. The maximum absolute atomic E-state index is 16.6. The van der Waals surface area contributed by atoms with Gasteiger partial charge in [0.1, 0.15) is 28.4 Å². The van der Waals surface area contributed by atoms with Crippen LogP contribution < -0.4 is 9.62 Å². The second kappa shape index (κ2) is 18.1. The number of rotatable bonds is 12. The van der Waals surface area contributed by atoms with Gasteiger partial charge in [0, 0.05) is 74.4 Å². The van der Waals surface area contributed by atoms with Gasteiger partial charge >= 0.3 is 16.3 Å². The van der Waals surface area contributed by atoms with Crippen molar-refractivity contribution in [1.82, 2.24) is 18.8 Å². The molecule has 11 nitrogen and oxygen atoms in total. The predicted molar refractivity (Wildman–Crippen MR) is 250 cm³/mol. The number of ketones is 1. The van der Waals surface area contributed by atoms with Gasteiger partial charge in [-0.2, -0.15) is 12.7 Å². The Hall–Kier alpha value is -6.97. The fourth-order valence-electron chi connectivity index (χ4n) is 8.42. The Labute approximate surface area is 382 Å². The maximum Gasteiger partial charge on any atom is 0.410 e. The van der Waals surface area contributed by atoms with Crippen molar-refractivity contribution in [3.05, 3.63) is 185 Å². The summed E-state index contributed by atoms with van der Waals surface area (Å²) >= 11 is 0. The Kier molecular flexibility index (Phi) is 12.5. The molecule has 0 spiro atoms. The number of fused-ring (bicyclic) bond motifs is 1. The number of ether oxygens (including phenoxy) is 1. The average Bonchev–Trinajstić information content (AvgIpc) is 3.69. The van der Waals surface area contributed by atoms with Crippen LogP contribution in [0.1, 0.15) is 60.3 Å². The van der Waals surface area contributed by atoms with Gasteiger partial charge in [-0.25, -0.2) is 22.9 Å². The zero-order chi connectivity index (χ0) is 47.0. The lowest BCUT2D eigenvalue weighted by atomic mass is 9.76. The number of aromatic nitrogens is 2. The normalized spacial score (nSPS) is 13.6. The third-order valence-electron chi connectivity index (χ3n) is 11.8. The van der Waals surface area contributed by atoms with Gasteiger partial charge in [-0.05, 0) is 73.9 Å². The highest BCUT2D eigenvalue weighted by atomic mass is 32.2. The predicted octanol–water partition coefficient (Wildman–Crippen LogP) is 9.86. The summed E-state index contributed by atoms with van der Waals surface area (Å²) in [5.41, 5.74) is -0.0869. The van der Waals surface area contributed by atoms with Crippen molar-refractivity contribution >= 4 is 44.5 Å². The minimum Gasteiger partial charge on any atom is -0.444 e. The molecule has 1 N–H and O–H groups in total. The van der Waals surface area contributed by atoms with Crippen LogP contribution in [-0.4, -0.2) is 84.4 Å². The molecular formula is C51H49F3N6O5S. The van der Waals surface area contributed by atoms with Crippen molar-refractivity contribution in [3.63, 3.8) is 0 Å². The lowest BCUT2D eigenvalue weighted by molar-refractivity contribution is 0.0240. The number of carbonyl (C=O) groups is 2. The van der Waals surface area contributed by atoms with Gasteiger partial charge in [0.25, 0.3) is 0 Å². The molecule has 0 atom stereocenters. The first kappa shape index (κ1) is 45.6. The molecule has 0 radical (unpaired) electrons. The van der Waals surface area contributed by atoms with Crippen LogP contribution in [0.5, 0.6) is 0 Å². The van der Waals surface area contributed by atoms with Crippen molar-refractivity contribution in [2.45, 2.75) is 38.8 Å². The van der Waals surface area contributed by atoms with Crippen LogP contribution in [-0.2, 0) is 20.5 Å². The zero-order valence-corrected chi connectivity index (χ0v) is 38.0. The third-order valence-corrected chi connectivity index (χ3v) is 13.4. The molecule has 8 rings (SSSR count). The second-order valence-corrected chi connectivity index (χ2v) is 18.8. The number of benzene rings is 5. The summed E-state index contributed by atoms with van der Waals surface area (Å²) in [6.07, 6.45) is 2.60. The zero-order valence-electron chi connectivity index (χ0n) is 37.1. The summed E-state index contributed by atoms with van der Waals surface area (Å²) in [6, 6.07) is 36.7. The molecule has 0 unspecified atom stereocenters. The van der Waals surface area contributed by atoms with E-state index in [1.165, 1.54) is 25.5 Å². The van der Waals surface area contributed by atoms with E-state index in [-0.39, 0.29) is 34.3 Å². The molecule has 1 saturated heterocycles. The number of amides is 1. The van der Waals surface area contributed by atoms with Crippen molar-refractivity contribution in [3.8, 4) is 11.1 Å². The number of anilines is 2. The molecule has 3 heterocycles. The molecule has 1 fully saturated rings. The average molecular weight is 915 g/mol. The molecule has 7 aromatic rings. The van der Waals surface area contributed by atoms with E-state index in [2.05, 4.69) is 4.72 Å². The van der Waals surface area contributed by atoms with Gasteiger partial charge in [0.05, 0.1) is 16.8 Å². The Bertz CT molecular complexity index is 2930. The van der Waals surface area contributed by atoms with E-state index in [0.717, 1.165) is 33.1 Å². The molecule has 66 heavy (non-hydrogen) atoms. The first-order chi connectivity index (χ1) is 31.5. The van der Waals surface area contributed by atoms with E-state index in [0.29, 0.717) is 31.9 Å². The number of nitrogens with one attached hydrogen (secondary N) is 1. The van der Waals surface area contributed by atoms with E-state index in [4.69, 9.17) is 9.72 Å². The molecule has 5 aromatic carbocycles. The summed E-state index contributed by atoms with van der Waals surface area (Å²) in [6.45, 7) is 8.72. The van der Waals surface area contributed by atoms with Crippen LogP contribution >= 0.6 is 0 Å². The summed E-state index contributed by atoms with van der Waals surface area (Å²) in [4.78, 5) is 36.2. The molecule has 2 aromatic heterocycles. The lowest BCUT2D eigenvalue weighted by Crippen LogP contribution is -2.50. The van der Waals surface area contributed by atoms with Gasteiger partial charge in [-0.3, -0.25) is 9.52 Å². The Morgan fingerprint density at radius 1 is 0.773 bits per heavy atom. The number of pyridine rings is 1. The number of carbonyl (C=O) groups excluding carboxylic acids is 2. The van der Waals surface area contributed by atoms with E-state index in [9.17, 15) is 13.2 Å². The van der Waals surface area contributed by atoms with Crippen LogP contribution in [0.3, 0.4) is 0 Å². The van der Waals surface area contributed by atoms with Crippen molar-refractivity contribution < 1.29 is 35.9 Å². The van der Waals surface area contributed by atoms with Crippen molar-refractivity contribution in [1.29, 1.82) is 0 Å². The molecule has 1 aliphatic rings. The molecule has 1 amide bonds. The SMILES string of the molecule is CCN(C)S(=O)(=O)Nc1ccc(F)c(C(=O)c2cn(C(c3ccccc3)(c3ccccc3)c3ccccc3)c3ncc(-c4ccc(N5CCN(C(=O)OC(C)(C)C)CC5)cc4F)cc23)c1F. The number of halogens is 3.